The van der Waals surface area contributed by atoms with E-state index in [4.69, 9.17) is 8.94 Å². The molecule has 1 aliphatic carbocycles. The fourth-order valence-corrected chi connectivity index (χ4v) is 4.48. The lowest BCUT2D eigenvalue weighted by Crippen LogP contribution is -2.38. The molecule has 3 aromatic heterocycles. The summed E-state index contributed by atoms with van der Waals surface area (Å²) in [4.78, 5) is 20.9. The molecule has 4 rings (SSSR count). The number of aromatic nitrogens is 4. The molecule has 0 aliphatic heterocycles. The highest BCUT2D eigenvalue weighted by molar-refractivity contribution is 7.99. The van der Waals surface area contributed by atoms with E-state index in [1.54, 1.807) is 18.4 Å². The maximum atomic E-state index is 12.3. The maximum Gasteiger partial charge on any atom is 0.238 e. The van der Waals surface area contributed by atoms with Gasteiger partial charge >= 0.3 is 0 Å². The first-order chi connectivity index (χ1) is 13.7. The van der Waals surface area contributed by atoms with E-state index < -0.39 is 0 Å². The SMILES string of the molecule is Cn1ccnc1SC1CCC(NC(=O)CCc2nc(-c3ccco3)no2)CC1. The van der Waals surface area contributed by atoms with Crippen LogP contribution in [0.25, 0.3) is 11.6 Å². The molecule has 1 fully saturated rings. The van der Waals surface area contributed by atoms with Crippen molar-refractivity contribution in [3.05, 3.63) is 36.7 Å². The topological polar surface area (TPSA) is 99.0 Å². The summed E-state index contributed by atoms with van der Waals surface area (Å²) in [5.41, 5.74) is 0. The molecule has 0 atom stereocenters. The van der Waals surface area contributed by atoms with Gasteiger partial charge in [0, 0.05) is 43.6 Å². The fraction of sp³-hybridized carbons (Fsp3) is 0.474. The zero-order chi connectivity index (χ0) is 19.3. The average molecular weight is 401 g/mol. The second kappa shape index (κ2) is 8.64. The largest absolute Gasteiger partial charge is 0.461 e. The molecule has 1 N–H and O–H groups in total. The number of aryl methyl sites for hydroxylation is 2. The summed E-state index contributed by atoms with van der Waals surface area (Å²) in [6, 6.07) is 3.78. The maximum absolute atomic E-state index is 12.3. The average Bonchev–Trinajstić information content (AvgIpc) is 3.44. The fourth-order valence-electron chi connectivity index (χ4n) is 3.32. The number of carbonyl (C=O) groups excluding carboxylic acids is 1. The van der Waals surface area contributed by atoms with E-state index in [1.165, 1.54) is 0 Å². The number of hydrogen-bond donors (Lipinski definition) is 1. The highest BCUT2D eigenvalue weighted by atomic mass is 32.2. The minimum atomic E-state index is 0.0259. The van der Waals surface area contributed by atoms with Gasteiger partial charge in [-0.25, -0.2) is 4.98 Å². The quantitative estimate of drug-likeness (QED) is 0.649. The summed E-state index contributed by atoms with van der Waals surface area (Å²) in [6.07, 6.45) is 10.3. The molecule has 28 heavy (non-hydrogen) atoms. The number of furan rings is 1. The lowest BCUT2D eigenvalue weighted by molar-refractivity contribution is -0.122. The summed E-state index contributed by atoms with van der Waals surface area (Å²) in [5.74, 6) is 1.43. The highest BCUT2D eigenvalue weighted by Crippen LogP contribution is 2.32. The monoisotopic (exact) mass is 401 g/mol. The van der Waals surface area contributed by atoms with Crippen molar-refractivity contribution in [2.45, 2.75) is 55.0 Å². The van der Waals surface area contributed by atoms with Crippen LogP contribution in [-0.2, 0) is 18.3 Å². The summed E-state index contributed by atoms with van der Waals surface area (Å²) >= 11 is 1.83. The lowest BCUT2D eigenvalue weighted by Gasteiger charge is -2.28. The van der Waals surface area contributed by atoms with E-state index in [0.29, 0.717) is 35.6 Å². The Morgan fingerprint density at radius 1 is 1.36 bits per heavy atom. The predicted molar refractivity (Wildman–Crippen MR) is 104 cm³/mol. The molecule has 0 aromatic carbocycles. The molecular weight excluding hydrogens is 378 g/mol. The predicted octanol–water partition coefficient (Wildman–Crippen LogP) is 3.22. The van der Waals surface area contributed by atoms with Crippen molar-refractivity contribution >= 4 is 17.7 Å². The Balaban J connectivity index is 1.18. The minimum absolute atomic E-state index is 0.0259. The van der Waals surface area contributed by atoms with Crippen LogP contribution in [0.3, 0.4) is 0 Å². The van der Waals surface area contributed by atoms with E-state index in [-0.39, 0.29) is 11.9 Å². The molecular formula is C19H23N5O3S. The lowest BCUT2D eigenvalue weighted by atomic mass is 9.95. The van der Waals surface area contributed by atoms with Crippen molar-refractivity contribution in [3.8, 4) is 11.6 Å². The number of thioether (sulfide) groups is 1. The number of rotatable bonds is 7. The van der Waals surface area contributed by atoms with Crippen LogP contribution in [0.5, 0.6) is 0 Å². The molecule has 3 heterocycles. The van der Waals surface area contributed by atoms with Crippen molar-refractivity contribution in [3.63, 3.8) is 0 Å². The number of hydrogen-bond acceptors (Lipinski definition) is 7. The third-order valence-corrected chi connectivity index (χ3v) is 6.27. The third-order valence-electron chi connectivity index (χ3n) is 4.86. The van der Waals surface area contributed by atoms with Crippen LogP contribution in [-0.4, -0.2) is 36.9 Å². The van der Waals surface area contributed by atoms with E-state index in [9.17, 15) is 4.79 Å². The summed E-state index contributed by atoms with van der Waals surface area (Å²) < 4.78 is 12.5. The van der Waals surface area contributed by atoms with Crippen molar-refractivity contribution < 1.29 is 13.7 Å². The van der Waals surface area contributed by atoms with Crippen LogP contribution in [0.4, 0.5) is 0 Å². The van der Waals surface area contributed by atoms with Crippen LogP contribution >= 0.6 is 11.8 Å². The van der Waals surface area contributed by atoms with E-state index in [1.807, 2.05) is 35.8 Å². The van der Waals surface area contributed by atoms with Crippen LogP contribution in [0, 0.1) is 0 Å². The van der Waals surface area contributed by atoms with Crippen LogP contribution in [0.15, 0.2) is 44.9 Å². The van der Waals surface area contributed by atoms with E-state index in [2.05, 4.69) is 20.4 Å². The van der Waals surface area contributed by atoms with Crippen molar-refractivity contribution in [2.75, 3.05) is 0 Å². The standard InChI is InChI=1S/C19H23N5O3S/c1-24-11-10-20-19(24)28-14-6-4-13(5-7-14)21-16(25)8-9-17-22-18(23-27-17)15-3-2-12-26-15/h2-3,10-14H,4-9H2,1H3,(H,21,25). The van der Waals surface area contributed by atoms with Gasteiger partial charge in [-0.3, -0.25) is 4.79 Å². The third kappa shape index (κ3) is 4.64. The second-order valence-corrected chi connectivity index (χ2v) is 8.24. The number of nitrogens with zero attached hydrogens (tertiary/aromatic N) is 4. The van der Waals surface area contributed by atoms with Gasteiger partial charge in [-0.15, -0.1) is 0 Å². The first-order valence-electron chi connectivity index (χ1n) is 9.47. The Bertz CT molecular complexity index is 896. The van der Waals surface area contributed by atoms with Gasteiger partial charge in [-0.05, 0) is 37.8 Å². The first kappa shape index (κ1) is 18.8. The van der Waals surface area contributed by atoms with Gasteiger partial charge < -0.3 is 18.8 Å². The molecule has 1 aliphatic rings. The van der Waals surface area contributed by atoms with Gasteiger partial charge in [0.15, 0.2) is 10.9 Å². The molecule has 0 bridgehead atoms. The zero-order valence-corrected chi connectivity index (χ0v) is 16.5. The highest BCUT2D eigenvalue weighted by Gasteiger charge is 2.24. The summed E-state index contributed by atoms with van der Waals surface area (Å²) in [7, 11) is 2.02. The number of nitrogens with one attached hydrogen (secondary N) is 1. The van der Waals surface area contributed by atoms with Gasteiger partial charge in [-0.1, -0.05) is 16.9 Å². The van der Waals surface area contributed by atoms with Crippen LogP contribution < -0.4 is 5.32 Å². The Morgan fingerprint density at radius 2 is 2.21 bits per heavy atom. The summed E-state index contributed by atoms with van der Waals surface area (Å²) in [5, 5.41) is 8.63. The Labute approximate surface area is 167 Å². The minimum Gasteiger partial charge on any atom is -0.461 e. The molecule has 148 valence electrons. The van der Waals surface area contributed by atoms with Gasteiger partial charge in [0.25, 0.3) is 0 Å². The molecule has 0 saturated heterocycles. The van der Waals surface area contributed by atoms with E-state index >= 15 is 0 Å². The first-order valence-corrected chi connectivity index (χ1v) is 10.3. The van der Waals surface area contributed by atoms with Gasteiger partial charge in [-0.2, -0.15) is 4.98 Å². The van der Waals surface area contributed by atoms with Crippen LogP contribution in [0.2, 0.25) is 0 Å². The molecule has 3 aromatic rings. The zero-order valence-electron chi connectivity index (χ0n) is 15.7. The van der Waals surface area contributed by atoms with Gasteiger partial charge in [0.05, 0.1) is 6.26 Å². The van der Waals surface area contributed by atoms with Crippen molar-refractivity contribution in [2.24, 2.45) is 7.05 Å². The molecule has 1 amide bonds. The van der Waals surface area contributed by atoms with Crippen LogP contribution in [0.1, 0.15) is 38.0 Å². The smallest absolute Gasteiger partial charge is 0.238 e. The molecule has 0 unspecified atom stereocenters. The normalized spacial score (nSPS) is 19.6. The Kier molecular flexibility index (Phi) is 5.80. The Hall–Kier alpha value is -2.55. The molecule has 8 nitrogen and oxygen atoms in total. The van der Waals surface area contributed by atoms with Gasteiger partial charge in [0.2, 0.25) is 17.6 Å². The molecule has 9 heteroatoms. The number of carbonyl (C=O) groups is 1. The van der Waals surface area contributed by atoms with Crippen molar-refractivity contribution in [1.82, 2.24) is 25.0 Å². The van der Waals surface area contributed by atoms with Crippen molar-refractivity contribution in [1.29, 1.82) is 0 Å². The Morgan fingerprint density at radius 3 is 2.93 bits per heavy atom. The molecule has 1 saturated carbocycles. The molecule has 0 spiro atoms. The summed E-state index contributed by atoms with van der Waals surface area (Å²) in [6.45, 7) is 0. The second-order valence-electron chi connectivity index (χ2n) is 6.97. The molecule has 0 radical (unpaired) electrons. The number of imidazole rings is 1. The number of amides is 1. The van der Waals surface area contributed by atoms with Gasteiger partial charge in [0.1, 0.15) is 0 Å². The van der Waals surface area contributed by atoms with E-state index in [0.717, 1.165) is 30.8 Å².